The average molecular weight is 329 g/mol. The number of carbonyl (C=O) groups is 1. The molecule has 128 valence electrons. The van der Waals surface area contributed by atoms with E-state index in [-0.39, 0.29) is 18.1 Å². The molecule has 1 aliphatic rings. The molecule has 3 rings (SSSR count). The summed E-state index contributed by atoms with van der Waals surface area (Å²) in [4.78, 5) is 16.6. The topological polar surface area (TPSA) is 65.4 Å². The number of benzene rings is 1. The van der Waals surface area contributed by atoms with Crippen LogP contribution in [0.25, 0.3) is 0 Å². The number of carbonyl (C=O) groups excluding carboxylic acids is 1. The normalized spacial score (nSPS) is 18.3. The summed E-state index contributed by atoms with van der Waals surface area (Å²) in [5.74, 6) is 0.464. The van der Waals surface area contributed by atoms with Gasteiger partial charge in [-0.2, -0.15) is 0 Å². The molecule has 1 N–H and O–H groups in total. The summed E-state index contributed by atoms with van der Waals surface area (Å²) >= 11 is 0. The van der Waals surface area contributed by atoms with Crippen molar-refractivity contribution in [3.63, 3.8) is 0 Å². The van der Waals surface area contributed by atoms with Gasteiger partial charge in [0.15, 0.2) is 0 Å². The second-order valence-electron chi connectivity index (χ2n) is 6.08. The van der Waals surface area contributed by atoms with Crippen LogP contribution >= 0.6 is 0 Å². The van der Waals surface area contributed by atoms with E-state index in [4.69, 9.17) is 9.47 Å². The molecule has 2 unspecified atom stereocenters. The molecule has 1 aromatic carbocycles. The van der Waals surface area contributed by atoms with E-state index in [2.05, 4.69) is 10.3 Å². The minimum absolute atomic E-state index is 0.0158. The lowest BCUT2D eigenvalue weighted by atomic mass is 10.1. The predicted molar refractivity (Wildman–Crippen MR) is 90.1 cm³/mol. The van der Waals surface area contributed by atoms with Gasteiger partial charge in [0.2, 0.25) is 0 Å². The van der Waals surface area contributed by atoms with Crippen molar-refractivity contribution in [3.05, 3.63) is 48.5 Å². The molecule has 0 aliphatic carbocycles. The van der Waals surface area contributed by atoms with Gasteiger partial charge in [0.05, 0.1) is 18.0 Å². The molecule has 1 aliphatic heterocycles. The zero-order valence-corrected chi connectivity index (χ0v) is 13.9. The van der Waals surface area contributed by atoms with Crippen LogP contribution in [-0.4, -0.2) is 40.8 Å². The molecular weight excluding hydrogens is 306 g/mol. The molecule has 6 nitrogen and oxygen atoms in total. The summed E-state index contributed by atoms with van der Waals surface area (Å²) in [6, 6.07) is 7.30. The van der Waals surface area contributed by atoms with E-state index in [1.54, 1.807) is 18.6 Å². The van der Waals surface area contributed by atoms with Gasteiger partial charge in [0, 0.05) is 31.6 Å². The number of nitrogens with zero attached hydrogens (tertiary/aromatic N) is 2. The van der Waals surface area contributed by atoms with E-state index in [0.717, 1.165) is 19.4 Å². The highest BCUT2D eigenvalue weighted by molar-refractivity contribution is 5.97. The molecule has 1 saturated heterocycles. The van der Waals surface area contributed by atoms with Crippen molar-refractivity contribution in [2.75, 3.05) is 13.2 Å². The fraction of sp³-hybridized carbons (Fsp3) is 0.444. The van der Waals surface area contributed by atoms with Gasteiger partial charge in [0.1, 0.15) is 12.4 Å². The highest BCUT2D eigenvalue weighted by Crippen LogP contribution is 2.20. The fourth-order valence-electron chi connectivity index (χ4n) is 2.80. The van der Waals surface area contributed by atoms with E-state index >= 15 is 0 Å². The number of amides is 1. The van der Waals surface area contributed by atoms with Crippen molar-refractivity contribution in [3.8, 4) is 5.75 Å². The van der Waals surface area contributed by atoms with Crippen LogP contribution < -0.4 is 10.1 Å². The highest BCUT2D eigenvalue weighted by atomic mass is 16.5. The molecular formula is C18H23N3O3. The summed E-state index contributed by atoms with van der Waals surface area (Å²) in [6.07, 6.45) is 7.55. The van der Waals surface area contributed by atoms with E-state index < -0.39 is 0 Å². The minimum Gasteiger partial charge on any atom is -0.490 e. The summed E-state index contributed by atoms with van der Waals surface area (Å²) in [5, 5.41) is 3.00. The third-order valence-corrected chi connectivity index (χ3v) is 4.00. The first-order chi connectivity index (χ1) is 11.7. The van der Waals surface area contributed by atoms with E-state index in [1.165, 1.54) is 0 Å². The van der Waals surface area contributed by atoms with Gasteiger partial charge < -0.3 is 19.4 Å². The maximum atomic E-state index is 12.6. The van der Waals surface area contributed by atoms with Crippen molar-refractivity contribution in [1.29, 1.82) is 0 Å². The van der Waals surface area contributed by atoms with Crippen LogP contribution in [0.1, 0.15) is 30.1 Å². The van der Waals surface area contributed by atoms with Crippen LogP contribution in [0.3, 0.4) is 0 Å². The predicted octanol–water partition coefficient (Wildman–Crippen LogP) is 2.26. The Hall–Kier alpha value is -2.34. The number of hydrogen-bond acceptors (Lipinski definition) is 4. The molecule has 0 radical (unpaired) electrons. The zero-order chi connectivity index (χ0) is 16.8. The average Bonchev–Trinajstić information content (AvgIpc) is 3.26. The molecule has 1 amide bonds. The number of imidazole rings is 1. The van der Waals surface area contributed by atoms with Gasteiger partial charge in [-0.25, -0.2) is 4.98 Å². The summed E-state index contributed by atoms with van der Waals surface area (Å²) in [5.41, 5.74) is 0.549. The highest BCUT2D eigenvalue weighted by Gasteiger charge is 2.19. The Morgan fingerprint density at radius 1 is 1.50 bits per heavy atom. The van der Waals surface area contributed by atoms with E-state index in [0.29, 0.717) is 24.5 Å². The lowest BCUT2D eigenvalue weighted by molar-refractivity contribution is 0.0670. The third-order valence-electron chi connectivity index (χ3n) is 4.00. The fourth-order valence-corrected chi connectivity index (χ4v) is 2.80. The smallest absolute Gasteiger partial charge is 0.255 e. The van der Waals surface area contributed by atoms with Crippen LogP contribution in [0.2, 0.25) is 0 Å². The van der Waals surface area contributed by atoms with Gasteiger partial charge in [-0.15, -0.1) is 0 Å². The standard InChI is InChI=1S/C18H23N3O3/c1-14(11-21-9-8-19-13-21)20-18(22)16-6-2-3-7-17(16)24-12-15-5-4-10-23-15/h2-3,6-9,13-15H,4-5,10-12H2,1H3,(H,20,22). The Morgan fingerprint density at radius 2 is 2.38 bits per heavy atom. The van der Waals surface area contributed by atoms with Crippen LogP contribution in [0.15, 0.2) is 43.0 Å². The lowest BCUT2D eigenvalue weighted by Crippen LogP contribution is -2.35. The molecule has 2 atom stereocenters. The number of aromatic nitrogens is 2. The van der Waals surface area contributed by atoms with Crippen molar-refractivity contribution in [1.82, 2.24) is 14.9 Å². The molecule has 2 heterocycles. The van der Waals surface area contributed by atoms with Gasteiger partial charge in [-0.05, 0) is 31.9 Å². The molecule has 1 fully saturated rings. The molecule has 0 bridgehead atoms. The zero-order valence-electron chi connectivity index (χ0n) is 13.9. The SMILES string of the molecule is CC(Cn1ccnc1)NC(=O)c1ccccc1OCC1CCCO1. The Morgan fingerprint density at radius 3 is 3.12 bits per heavy atom. The maximum Gasteiger partial charge on any atom is 0.255 e. The van der Waals surface area contributed by atoms with E-state index in [1.807, 2.05) is 35.9 Å². The Balaban J connectivity index is 1.59. The Kier molecular flexibility index (Phi) is 5.48. The second-order valence-corrected chi connectivity index (χ2v) is 6.08. The van der Waals surface area contributed by atoms with Crippen molar-refractivity contribution >= 4 is 5.91 Å². The largest absolute Gasteiger partial charge is 0.490 e. The van der Waals surface area contributed by atoms with Crippen LogP contribution in [0.5, 0.6) is 5.75 Å². The number of rotatable bonds is 7. The Labute approximate surface area is 141 Å². The summed E-state index contributed by atoms with van der Waals surface area (Å²) in [7, 11) is 0. The first kappa shape index (κ1) is 16.5. The minimum atomic E-state index is -0.134. The van der Waals surface area contributed by atoms with Gasteiger partial charge in [-0.3, -0.25) is 4.79 Å². The number of ether oxygens (including phenoxy) is 2. The molecule has 1 aromatic heterocycles. The third kappa shape index (κ3) is 4.35. The first-order valence-corrected chi connectivity index (χ1v) is 8.32. The maximum absolute atomic E-state index is 12.6. The van der Waals surface area contributed by atoms with Crippen molar-refractivity contribution in [2.24, 2.45) is 0 Å². The Bertz CT molecular complexity index is 651. The van der Waals surface area contributed by atoms with Gasteiger partial charge in [0.25, 0.3) is 5.91 Å². The quantitative estimate of drug-likeness (QED) is 0.846. The van der Waals surface area contributed by atoms with Crippen LogP contribution in [-0.2, 0) is 11.3 Å². The number of para-hydroxylation sites is 1. The molecule has 6 heteroatoms. The van der Waals surface area contributed by atoms with E-state index in [9.17, 15) is 4.79 Å². The van der Waals surface area contributed by atoms with Crippen LogP contribution in [0.4, 0.5) is 0 Å². The van der Waals surface area contributed by atoms with Crippen LogP contribution in [0, 0.1) is 0 Å². The number of nitrogens with one attached hydrogen (secondary N) is 1. The first-order valence-electron chi connectivity index (χ1n) is 8.32. The second kappa shape index (κ2) is 7.97. The monoisotopic (exact) mass is 329 g/mol. The molecule has 2 aromatic rings. The van der Waals surface area contributed by atoms with Crippen molar-refractivity contribution < 1.29 is 14.3 Å². The number of hydrogen-bond donors (Lipinski definition) is 1. The van der Waals surface area contributed by atoms with Gasteiger partial charge >= 0.3 is 0 Å². The van der Waals surface area contributed by atoms with Gasteiger partial charge in [-0.1, -0.05) is 12.1 Å². The molecule has 24 heavy (non-hydrogen) atoms. The summed E-state index contributed by atoms with van der Waals surface area (Å²) in [6.45, 7) is 3.91. The molecule has 0 saturated carbocycles. The van der Waals surface area contributed by atoms with Crippen molar-refractivity contribution in [2.45, 2.75) is 38.5 Å². The lowest BCUT2D eigenvalue weighted by Gasteiger charge is -2.17. The summed E-state index contributed by atoms with van der Waals surface area (Å²) < 4.78 is 13.3. The molecule has 0 spiro atoms.